The Labute approximate surface area is 94.8 Å². The van der Waals surface area contributed by atoms with E-state index in [1.807, 2.05) is 0 Å². The van der Waals surface area contributed by atoms with Crippen molar-refractivity contribution in [2.24, 2.45) is 0 Å². The molecule has 0 amide bonds. The van der Waals surface area contributed by atoms with Gasteiger partial charge in [0.1, 0.15) is 0 Å². The number of aromatic carboxylic acids is 1. The van der Waals surface area contributed by atoms with E-state index in [1.165, 1.54) is 11.8 Å². The minimum Gasteiger partial charge on any atom is -0.478 e. The second-order valence-corrected chi connectivity index (χ2v) is 4.37. The van der Waals surface area contributed by atoms with Crippen molar-refractivity contribution in [3.63, 3.8) is 0 Å². The van der Waals surface area contributed by atoms with Crippen molar-refractivity contribution in [2.75, 3.05) is 5.75 Å². The second-order valence-electron chi connectivity index (χ2n) is 2.44. The van der Waals surface area contributed by atoms with Crippen LogP contribution < -0.4 is 0 Å². The van der Waals surface area contributed by atoms with Gasteiger partial charge in [-0.1, -0.05) is 21.9 Å². The lowest BCUT2D eigenvalue weighted by Gasteiger charge is -2.03. The molecule has 0 fully saturated rings. The van der Waals surface area contributed by atoms with Crippen LogP contribution >= 0.6 is 27.7 Å². The van der Waals surface area contributed by atoms with Crippen molar-refractivity contribution in [3.05, 3.63) is 28.2 Å². The third-order valence-corrected chi connectivity index (χ3v) is 2.94. The van der Waals surface area contributed by atoms with Gasteiger partial charge in [0, 0.05) is 9.37 Å². The predicted molar refractivity (Wildman–Crippen MR) is 60.7 cm³/mol. The van der Waals surface area contributed by atoms with E-state index in [-0.39, 0.29) is 5.56 Å². The molecule has 0 aliphatic heterocycles. The van der Waals surface area contributed by atoms with Crippen LogP contribution in [0, 0.1) is 12.3 Å². The highest BCUT2D eigenvalue weighted by Crippen LogP contribution is 2.26. The van der Waals surface area contributed by atoms with Crippen LogP contribution in [0.3, 0.4) is 0 Å². The summed E-state index contributed by atoms with van der Waals surface area (Å²) in [4.78, 5) is 11.5. The third kappa shape index (κ3) is 2.79. The van der Waals surface area contributed by atoms with Crippen molar-refractivity contribution in [2.45, 2.75) is 4.90 Å². The van der Waals surface area contributed by atoms with E-state index in [4.69, 9.17) is 11.5 Å². The Kier molecular flexibility index (Phi) is 4.05. The number of terminal acetylenes is 1. The maximum absolute atomic E-state index is 10.8. The van der Waals surface area contributed by atoms with E-state index in [0.717, 1.165) is 4.47 Å². The fourth-order valence-electron chi connectivity index (χ4n) is 0.912. The molecule has 1 N–H and O–H groups in total. The van der Waals surface area contributed by atoms with E-state index in [0.29, 0.717) is 10.6 Å². The van der Waals surface area contributed by atoms with Crippen molar-refractivity contribution in [1.82, 2.24) is 0 Å². The molecule has 1 aromatic carbocycles. The fourth-order valence-corrected chi connectivity index (χ4v) is 2.18. The van der Waals surface area contributed by atoms with Crippen LogP contribution in [0.5, 0.6) is 0 Å². The first-order chi connectivity index (χ1) is 6.65. The summed E-state index contributed by atoms with van der Waals surface area (Å²) in [5.74, 6) is 1.99. The van der Waals surface area contributed by atoms with Crippen LogP contribution in [-0.2, 0) is 0 Å². The average molecular weight is 271 g/mol. The van der Waals surface area contributed by atoms with Gasteiger partial charge in [0.05, 0.1) is 11.3 Å². The number of hydrogen-bond donors (Lipinski definition) is 1. The highest BCUT2D eigenvalue weighted by atomic mass is 79.9. The Hall–Kier alpha value is -0.920. The van der Waals surface area contributed by atoms with Crippen molar-refractivity contribution >= 4 is 33.7 Å². The molecule has 0 saturated heterocycles. The molecule has 0 atom stereocenters. The SMILES string of the molecule is C#CCSc1cc(Br)ccc1C(=O)O. The van der Waals surface area contributed by atoms with E-state index in [9.17, 15) is 4.79 Å². The summed E-state index contributed by atoms with van der Waals surface area (Å²) in [5, 5.41) is 8.88. The van der Waals surface area contributed by atoms with Gasteiger partial charge >= 0.3 is 5.97 Å². The van der Waals surface area contributed by atoms with Gasteiger partial charge in [-0.3, -0.25) is 0 Å². The van der Waals surface area contributed by atoms with Crippen molar-refractivity contribution in [3.8, 4) is 12.3 Å². The van der Waals surface area contributed by atoms with E-state index >= 15 is 0 Å². The molecule has 0 aliphatic carbocycles. The first-order valence-electron chi connectivity index (χ1n) is 3.74. The van der Waals surface area contributed by atoms with Gasteiger partial charge in [-0.15, -0.1) is 18.2 Å². The molecule has 0 aromatic heterocycles. The van der Waals surface area contributed by atoms with Crippen molar-refractivity contribution in [1.29, 1.82) is 0 Å². The third-order valence-electron chi connectivity index (χ3n) is 1.49. The van der Waals surface area contributed by atoms with Crippen LogP contribution in [0.2, 0.25) is 0 Å². The van der Waals surface area contributed by atoms with Gasteiger partial charge in [0.2, 0.25) is 0 Å². The molecule has 14 heavy (non-hydrogen) atoms. The molecule has 1 rings (SSSR count). The number of benzene rings is 1. The Morgan fingerprint density at radius 2 is 2.36 bits per heavy atom. The Bertz CT molecular complexity index is 396. The largest absolute Gasteiger partial charge is 0.478 e. The number of carboxylic acid groups (broad SMARTS) is 1. The summed E-state index contributed by atoms with van der Waals surface area (Å²) in [6.07, 6.45) is 5.11. The van der Waals surface area contributed by atoms with Crippen LogP contribution in [0.1, 0.15) is 10.4 Å². The van der Waals surface area contributed by atoms with Crippen molar-refractivity contribution < 1.29 is 9.90 Å². The zero-order valence-electron chi connectivity index (χ0n) is 7.16. The monoisotopic (exact) mass is 270 g/mol. The smallest absolute Gasteiger partial charge is 0.336 e. The number of hydrogen-bond acceptors (Lipinski definition) is 2. The standard InChI is InChI=1S/C10H7BrO2S/c1-2-5-14-9-6-7(11)3-4-8(9)10(12)13/h1,3-4,6H,5H2,(H,12,13). The molecule has 2 nitrogen and oxygen atoms in total. The zero-order valence-corrected chi connectivity index (χ0v) is 9.56. The van der Waals surface area contributed by atoms with Crippen LogP contribution in [0.4, 0.5) is 0 Å². The summed E-state index contributed by atoms with van der Waals surface area (Å²) in [6, 6.07) is 5.01. The number of thioether (sulfide) groups is 1. The molecule has 0 spiro atoms. The van der Waals surface area contributed by atoms with Gasteiger partial charge in [-0.05, 0) is 18.2 Å². The predicted octanol–water partition coefficient (Wildman–Crippen LogP) is 2.87. The topological polar surface area (TPSA) is 37.3 Å². The Morgan fingerprint density at radius 3 is 2.93 bits per heavy atom. The summed E-state index contributed by atoms with van der Waals surface area (Å²) >= 11 is 4.62. The maximum atomic E-state index is 10.8. The van der Waals surface area contributed by atoms with Crippen LogP contribution in [0.15, 0.2) is 27.6 Å². The van der Waals surface area contributed by atoms with Gasteiger partial charge in [-0.25, -0.2) is 4.79 Å². The molecule has 0 aliphatic rings. The highest BCUT2D eigenvalue weighted by Gasteiger charge is 2.09. The second kappa shape index (κ2) is 5.08. The molecule has 0 saturated carbocycles. The Morgan fingerprint density at radius 1 is 1.64 bits per heavy atom. The molecule has 0 radical (unpaired) electrons. The number of carboxylic acids is 1. The van der Waals surface area contributed by atoms with Crippen LogP contribution in [0.25, 0.3) is 0 Å². The molecule has 0 unspecified atom stereocenters. The first-order valence-corrected chi connectivity index (χ1v) is 5.52. The highest BCUT2D eigenvalue weighted by molar-refractivity contribution is 9.10. The number of halogens is 1. The lowest BCUT2D eigenvalue weighted by atomic mass is 10.2. The lowest BCUT2D eigenvalue weighted by molar-refractivity contribution is 0.0693. The summed E-state index contributed by atoms with van der Waals surface area (Å²) in [6.45, 7) is 0. The van der Waals surface area contributed by atoms with Gasteiger partial charge in [0.15, 0.2) is 0 Å². The lowest BCUT2D eigenvalue weighted by Crippen LogP contribution is -1.98. The van der Waals surface area contributed by atoms with Gasteiger partial charge in [0.25, 0.3) is 0 Å². The molecular formula is C10H7BrO2S. The molecule has 1 aromatic rings. The molecule has 0 heterocycles. The normalized spacial score (nSPS) is 9.43. The number of rotatable bonds is 3. The molecule has 0 bridgehead atoms. The fraction of sp³-hybridized carbons (Fsp3) is 0.100. The van der Waals surface area contributed by atoms with E-state index in [2.05, 4.69) is 21.9 Å². The van der Waals surface area contributed by atoms with E-state index in [1.54, 1.807) is 18.2 Å². The number of carbonyl (C=O) groups is 1. The first kappa shape index (κ1) is 11.2. The summed E-state index contributed by atoms with van der Waals surface area (Å²) in [5.41, 5.74) is 0.286. The average Bonchev–Trinajstić information content (AvgIpc) is 2.14. The quantitative estimate of drug-likeness (QED) is 0.678. The molecule has 72 valence electrons. The maximum Gasteiger partial charge on any atom is 0.336 e. The van der Waals surface area contributed by atoms with E-state index < -0.39 is 5.97 Å². The molecule has 4 heteroatoms. The minimum atomic E-state index is -0.933. The van der Waals surface area contributed by atoms with Gasteiger partial charge < -0.3 is 5.11 Å². The van der Waals surface area contributed by atoms with Crippen LogP contribution in [-0.4, -0.2) is 16.8 Å². The summed E-state index contributed by atoms with van der Waals surface area (Å²) in [7, 11) is 0. The van der Waals surface area contributed by atoms with Gasteiger partial charge in [-0.2, -0.15) is 0 Å². The zero-order chi connectivity index (χ0) is 10.6. The summed E-state index contributed by atoms with van der Waals surface area (Å²) < 4.78 is 0.849. The Balaban J connectivity index is 3.04. The molecular weight excluding hydrogens is 264 g/mol. The minimum absolute atomic E-state index is 0.286.